The zero-order valence-electron chi connectivity index (χ0n) is 16.0. The Morgan fingerprint density at radius 2 is 1.86 bits per heavy atom. The summed E-state index contributed by atoms with van der Waals surface area (Å²) in [7, 11) is 0. The number of nitrogens with zero attached hydrogens (tertiary/aromatic N) is 3. The molecule has 0 aliphatic carbocycles. The number of benzene rings is 1. The summed E-state index contributed by atoms with van der Waals surface area (Å²) in [6.45, 7) is 4.75. The molecule has 1 amide bonds. The molecule has 0 fully saturated rings. The Morgan fingerprint density at radius 1 is 1.14 bits per heavy atom. The van der Waals surface area contributed by atoms with Gasteiger partial charge < -0.3 is 5.32 Å². The van der Waals surface area contributed by atoms with Gasteiger partial charge >= 0.3 is 6.18 Å². The average Bonchev–Trinajstić information content (AvgIpc) is 3.08. The van der Waals surface area contributed by atoms with Gasteiger partial charge in [0.1, 0.15) is 0 Å². The molecule has 0 saturated heterocycles. The van der Waals surface area contributed by atoms with Gasteiger partial charge in [-0.3, -0.25) is 9.20 Å². The fourth-order valence-electron chi connectivity index (χ4n) is 2.73. The van der Waals surface area contributed by atoms with Crippen LogP contribution in [0.5, 0.6) is 0 Å². The van der Waals surface area contributed by atoms with E-state index < -0.39 is 11.7 Å². The fourth-order valence-corrected chi connectivity index (χ4v) is 3.48. The van der Waals surface area contributed by atoms with Gasteiger partial charge in [-0.1, -0.05) is 49.9 Å². The van der Waals surface area contributed by atoms with Crippen molar-refractivity contribution in [1.82, 2.24) is 19.9 Å². The lowest BCUT2D eigenvalue weighted by Crippen LogP contribution is -2.27. The van der Waals surface area contributed by atoms with Crippen LogP contribution in [0, 0.1) is 0 Å². The minimum atomic E-state index is -4.45. The molecule has 9 heteroatoms. The summed E-state index contributed by atoms with van der Waals surface area (Å²) >= 11 is 1.05. The lowest BCUT2D eigenvalue weighted by Gasteiger charge is -2.08. The van der Waals surface area contributed by atoms with E-state index in [1.807, 2.05) is 0 Å². The average molecular weight is 422 g/mol. The summed E-state index contributed by atoms with van der Waals surface area (Å²) in [5, 5.41) is 10.8. The van der Waals surface area contributed by atoms with Crippen molar-refractivity contribution in [2.75, 3.05) is 12.3 Å². The molecule has 2 aromatic heterocycles. The zero-order chi connectivity index (χ0) is 21.0. The number of hydrogen-bond donors (Lipinski definition) is 1. The molecule has 0 aliphatic rings. The van der Waals surface area contributed by atoms with Gasteiger partial charge in [0.2, 0.25) is 5.91 Å². The van der Waals surface area contributed by atoms with E-state index in [9.17, 15) is 18.0 Å². The number of halogens is 3. The summed E-state index contributed by atoms with van der Waals surface area (Å²) in [6.07, 6.45) is -2.81. The van der Waals surface area contributed by atoms with Crippen LogP contribution in [0.2, 0.25) is 0 Å². The summed E-state index contributed by atoms with van der Waals surface area (Å²) in [5.74, 6) is 0.308. The Kier molecular flexibility index (Phi) is 6.46. The smallest absolute Gasteiger partial charge is 0.355 e. The number of hydrogen-bond acceptors (Lipinski definition) is 4. The first-order chi connectivity index (χ1) is 13.7. The number of amides is 1. The minimum absolute atomic E-state index is 0.0450. The van der Waals surface area contributed by atoms with Crippen molar-refractivity contribution in [3.8, 4) is 0 Å². The molecule has 29 heavy (non-hydrogen) atoms. The Bertz CT molecular complexity index is 984. The van der Waals surface area contributed by atoms with Gasteiger partial charge in [0, 0.05) is 12.7 Å². The Balaban J connectivity index is 1.51. The van der Waals surface area contributed by atoms with Crippen LogP contribution in [-0.4, -0.2) is 32.8 Å². The number of nitrogens with one attached hydrogen (secondary N) is 1. The van der Waals surface area contributed by atoms with Gasteiger partial charge in [-0.05, 0) is 35.6 Å². The zero-order valence-corrected chi connectivity index (χ0v) is 16.8. The molecule has 0 bridgehead atoms. The second-order valence-corrected chi connectivity index (χ2v) is 7.85. The number of aromatic nitrogens is 3. The molecule has 1 N–H and O–H groups in total. The molecule has 0 aliphatic heterocycles. The fraction of sp³-hybridized carbons (Fsp3) is 0.350. The predicted octanol–water partition coefficient (Wildman–Crippen LogP) is 4.32. The Hall–Kier alpha value is -2.55. The molecule has 0 atom stereocenters. The molecule has 0 radical (unpaired) electrons. The third-order valence-corrected chi connectivity index (χ3v) is 5.36. The van der Waals surface area contributed by atoms with Gasteiger partial charge in [0.05, 0.1) is 11.3 Å². The van der Waals surface area contributed by atoms with E-state index in [1.165, 1.54) is 16.0 Å². The first kappa shape index (κ1) is 21.2. The summed E-state index contributed by atoms with van der Waals surface area (Å²) in [5.41, 5.74) is 1.90. The number of pyridine rings is 1. The van der Waals surface area contributed by atoms with E-state index in [-0.39, 0.29) is 16.8 Å². The van der Waals surface area contributed by atoms with E-state index >= 15 is 0 Å². The van der Waals surface area contributed by atoms with Crippen LogP contribution in [0.1, 0.15) is 36.5 Å². The van der Waals surface area contributed by atoms with E-state index in [1.54, 1.807) is 0 Å². The van der Waals surface area contributed by atoms with Crippen molar-refractivity contribution in [2.24, 2.45) is 0 Å². The second kappa shape index (κ2) is 8.86. The van der Waals surface area contributed by atoms with E-state index in [0.717, 1.165) is 29.6 Å². The standard InChI is InChI=1S/C20H21F3N4OS/c1-13(2)15-5-3-14(4-6-15)9-10-24-18(28)12-29-19-26-25-17-8-7-16(11-27(17)19)20(21,22)23/h3-8,11,13H,9-10,12H2,1-2H3,(H,24,28). The molecule has 5 nitrogen and oxygen atoms in total. The third kappa shape index (κ3) is 5.50. The van der Waals surface area contributed by atoms with Crippen molar-refractivity contribution < 1.29 is 18.0 Å². The van der Waals surface area contributed by atoms with Crippen molar-refractivity contribution in [3.63, 3.8) is 0 Å². The highest BCUT2D eigenvalue weighted by molar-refractivity contribution is 7.99. The molecule has 3 rings (SSSR count). The van der Waals surface area contributed by atoms with Crippen molar-refractivity contribution >= 4 is 23.3 Å². The Labute approximate surface area is 170 Å². The van der Waals surface area contributed by atoms with Crippen LogP contribution < -0.4 is 5.32 Å². The number of rotatable bonds is 7. The molecule has 2 heterocycles. The minimum Gasteiger partial charge on any atom is -0.355 e. The number of carbonyl (C=O) groups is 1. The van der Waals surface area contributed by atoms with Crippen LogP contribution in [0.15, 0.2) is 47.8 Å². The van der Waals surface area contributed by atoms with E-state index in [4.69, 9.17) is 0 Å². The summed E-state index contributed by atoms with van der Waals surface area (Å²) in [6, 6.07) is 10.5. The SMILES string of the molecule is CC(C)c1ccc(CCNC(=O)CSc2nnc3ccc(C(F)(F)F)cn23)cc1. The molecule has 3 aromatic rings. The number of carbonyl (C=O) groups excluding carboxylic acids is 1. The second-order valence-electron chi connectivity index (χ2n) is 6.91. The van der Waals surface area contributed by atoms with Gasteiger partial charge in [0.25, 0.3) is 0 Å². The van der Waals surface area contributed by atoms with Crippen LogP contribution in [-0.2, 0) is 17.4 Å². The maximum Gasteiger partial charge on any atom is 0.417 e. The molecular formula is C20H21F3N4OS. The maximum atomic E-state index is 12.9. The van der Waals surface area contributed by atoms with Crippen molar-refractivity contribution in [1.29, 1.82) is 0 Å². The van der Waals surface area contributed by atoms with Crippen LogP contribution in [0.4, 0.5) is 13.2 Å². The molecule has 0 unspecified atom stereocenters. The van der Waals surface area contributed by atoms with Gasteiger partial charge in [0.15, 0.2) is 10.8 Å². The van der Waals surface area contributed by atoms with Crippen LogP contribution in [0.3, 0.4) is 0 Å². The lowest BCUT2D eigenvalue weighted by molar-refractivity contribution is -0.137. The van der Waals surface area contributed by atoms with Crippen molar-refractivity contribution in [2.45, 2.75) is 37.5 Å². The number of fused-ring (bicyclic) bond motifs is 1. The molecule has 1 aromatic carbocycles. The van der Waals surface area contributed by atoms with E-state index in [0.29, 0.717) is 24.5 Å². The number of thioether (sulfide) groups is 1. The highest BCUT2D eigenvalue weighted by Crippen LogP contribution is 2.30. The predicted molar refractivity (Wildman–Crippen MR) is 106 cm³/mol. The van der Waals surface area contributed by atoms with Gasteiger partial charge in [-0.15, -0.1) is 10.2 Å². The molecule has 0 saturated carbocycles. The molecule has 154 valence electrons. The quantitative estimate of drug-likeness (QED) is 0.576. The third-order valence-electron chi connectivity index (χ3n) is 4.41. The topological polar surface area (TPSA) is 59.3 Å². The highest BCUT2D eigenvalue weighted by atomic mass is 32.2. The molecule has 0 spiro atoms. The van der Waals surface area contributed by atoms with Crippen LogP contribution >= 0.6 is 11.8 Å². The van der Waals surface area contributed by atoms with Crippen molar-refractivity contribution in [3.05, 3.63) is 59.3 Å². The monoisotopic (exact) mass is 422 g/mol. The summed E-state index contributed by atoms with van der Waals surface area (Å²) < 4.78 is 39.9. The largest absolute Gasteiger partial charge is 0.417 e. The van der Waals surface area contributed by atoms with E-state index in [2.05, 4.69) is 53.6 Å². The highest BCUT2D eigenvalue weighted by Gasteiger charge is 2.31. The Morgan fingerprint density at radius 3 is 2.52 bits per heavy atom. The van der Waals surface area contributed by atoms with Gasteiger partial charge in [-0.25, -0.2) is 0 Å². The summed E-state index contributed by atoms with van der Waals surface area (Å²) in [4.78, 5) is 12.1. The lowest BCUT2D eigenvalue weighted by atomic mass is 10.0. The van der Waals surface area contributed by atoms with Gasteiger partial charge in [-0.2, -0.15) is 13.2 Å². The maximum absolute atomic E-state index is 12.9. The molecular weight excluding hydrogens is 401 g/mol. The first-order valence-corrected chi connectivity index (χ1v) is 10.1. The number of alkyl halides is 3. The first-order valence-electron chi connectivity index (χ1n) is 9.14. The van der Waals surface area contributed by atoms with Crippen LogP contribution in [0.25, 0.3) is 5.65 Å². The normalized spacial score (nSPS) is 11.9.